The van der Waals surface area contributed by atoms with Crippen molar-refractivity contribution in [2.45, 2.75) is 32.3 Å². The molecule has 1 N–H and O–H groups in total. The minimum atomic E-state index is -0.879. The van der Waals surface area contributed by atoms with Gasteiger partial charge >= 0.3 is 0 Å². The van der Waals surface area contributed by atoms with Gasteiger partial charge in [0.25, 0.3) is 0 Å². The number of rotatable bonds is 2. The van der Waals surface area contributed by atoms with E-state index in [9.17, 15) is 14.7 Å². The van der Waals surface area contributed by atoms with Gasteiger partial charge in [-0.2, -0.15) is 0 Å². The first-order chi connectivity index (χ1) is 5.88. The first-order valence-corrected chi connectivity index (χ1v) is 4.40. The highest BCUT2D eigenvalue weighted by Crippen LogP contribution is 2.12. The predicted octanol–water partition coefficient (Wildman–Crippen LogP) is -0.0512. The summed E-state index contributed by atoms with van der Waals surface area (Å²) in [4.78, 5) is 23.7. The van der Waals surface area contributed by atoms with Gasteiger partial charge in [0.05, 0.1) is 12.0 Å². The lowest BCUT2D eigenvalue weighted by Crippen LogP contribution is -2.46. The van der Waals surface area contributed by atoms with Crippen LogP contribution in [0.15, 0.2) is 0 Å². The molecule has 13 heavy (non-hydrogen) atoms. The van der Waals surface area contributed by atoms with Gasteiger partial charge in [0.15, 0.2) is 0 Å². The molecule has 0 aromatic rings. The summed E-state index contributed by atoms with van der Waals surface area (Å²) in [5.74, 6) is -0.171. The van der Waals surface area contributed by atoms with Crippen molar-refractivity contribution in [3.05, 3.63) is 0 Å². The largest absolute Gasteiger partial charge is 0.389 e. The number of nitrogens with zero attached hydrogens (tertiary/aromatic N) is 1. The van der Waals surface area contributed by atoms with Crippen molar-refractivity contribution in [2.24, 2.45) is 0 Å². The molecule has 1 aliphatic rings. The number of carbonyl (C=O) groups excluding carboxylic acids is 2. The van der Waals surface area contributed by atoms with Crippen molar-refractivity contribution in [2.75, 3.05) is 13.1 Å². The molecule has 0 aromatic heterocycles. The summed E-state index contributed by atoms with van der Waals surface area (Å²) in [6.45, 7) is 4.05. The van der Waals surface area contributed by atoms with Gasteiger partial charge in [-0.25, -0.2) is 0 Å². The van der Waals surface area contributed by atoms with Crippen LogP contribution in [-0.4, -0.2) is 40.4 Å². The number of ketones is 1. The number of Topliss-reactive ketones (excluding diaryl/α,β-unsaturated/α-hetero) is 1. The highest BCUT2D eigenvalue weighted by Gasteiger charge is 2.27. The molecule has 0 bridgehead atoms. The van der Waals surface area contributed by atoms with Crippen molar-refractivity contribution in [3.63, 3.8) is 0 Å². The van der Waals surface area contributed by atoms with Crippen LogP contribution in [-0.2, 0) is 9.59 Å². The van der Waals surface area contributed by atoms with Gasteiger partial charge in [-0.05, 0) is 13.8 Å². The molecule has 0 aliphatic carbocycles. The molecule has 0 spiro atoms. The van der Waals surface area contributed by atoms with Crippen molar-refractivity contribution in [1.82, 2.24) is 4.90 Å². The molecule has 1 saturated heterocycles. The van der Waals surface area contributed by atoms with Crippen LogP contribution >= 0.6 is 0 Å². The second kappa shape index (κ2) is 3.46. The number of likely N-dealkylation sites (tertiary alicyclic amines) is 1. The SMILES string of the molecule is CC(C)(O)CN1CCC(=O)CC1=O. The van der Waals surface area contributed by atoms with Crippen molar-refractivity contribution in [3.8, 4) is 0 Å². The van der Waals surface area contributed by atoms with Crippen molar-refractivity contribution in [1.29, 1.82) is 0 Å². The highest BCUT2D eigenvalue weighted by molar-refractivity contribution is 6.00. The van der Waals surface area contributed by atoms with Crippen LogP contribution in [0.3, 0.4) is 0 Å². The topological polar surface area (TPSA) is 57.6 Å². The monoisotopic (exact) mass is 185 g/mol. The number of amides is 1. The summed E-state index contributed by atoms with van der Waals surface area (Å²) in [7, 11) is 0. The Labute approximate surface area is 77.5 Å². The number of hydrogen-bond acceptors (Lipinski definition) is 3. The molecule has 74 valence electrons. The van der Waals surface area contributed by atoms with Gasteiger partial charge in [-0.1, -0.05) is 0 Å². The van der Waals surface area contributed by atoms with Crippen LogP contribution < -0.4 is 0 Å². The maximum absolute atomic E-state index is 11.3. The second-order valence-corrected chi connectivity index (χ2v) is 4.09. The lowest BCUT2D eigenvalue weighted by molar-refractivity contribution is -0.142. The minimum absolute atomic E-state index is 0.00278. The summed E-state index contributed by atoms with van der Waals surface area (Å²) >= 11 is 0. The molecule has 0 aromatic carbocycles. The third kappa shape index (κ3) is 3.14. The summed E-state index contributed by atoms with van der Waals surface area (Å²) in [6.07, 6.45) is 0.415. The van der Waals surface area contributed by atoms with Crippen LogP contribution in [0.25, 0.3) is 0 Å². The van der Waals surface area contributed by atoms with Gasteiger partial charge in [0.2, 0.25) is 5.91 Å². The summed E-state index contributed by atoms with van der Waals surface area (Å²) in [5, 5.41) is 9.47. The van der Waals surface area contributed by atoms with Crippen molar-refractivity contribution < 1.29 is 14.7 Å². The Bertz CT molecular complexity index is 230. The standard InChI is InChI=1S/C9H15NO3/c1-9(2,13)6-10-4-3-7(11)5-8(10)12/h13H,3-6H2,1-2H3. The smallest absolute Gasteiger partial charge is 0.230 e. The number of β-amino-alcohol motifs (C(OH)–C–C–N with tert-alkyl or cyclic N) is 1. The van der Waals surface area contributed by atoms with Crippen LogP contribution in [0.4, 0.5) is 0 Å². The highest BCUT2D eigenvalue weighted by atomic mass is 16.3. The molecular formula is C9H15NO3. The van der Waals surface area contributed by atoms with Crippen molar-refractivity contribution >= 4 is 11.7 Å². The number of aliphatic hydroxyl groups is 1. The Kier molecular flexibility index (Phi) is 2.71. The molecular weight excluding hydrogens is 170 g/mol. The molecule has 0 unspecified atom stereocenters. The first-order valence-electron chi connectivity index (χ1n) is 4.40. The van der Waals surface area contributed by atoms with E-state index in [1.807, 2.05) is 0 Å². The van der Waals surface area contributed by atoms with Crippen LogP contribution in [0.1, 0.15) is 26.7 Å². The third-order valence-electron chi connectivity index (χ3n) is 1.94. The Morgan fingerprint density at radius 2 is 2.08 bits per heavy atom. The van der Waals surface area contributed by atoms with Gasteiger partial charge in [-0.15, -0.1) is 0 Å². The zero-order valence-electron chi connectivity index (χ0n) is 8.04. The summed E-state index contributed by atoms with van der Waals surface area (Å²) < 4.78 is 0. The lowest BCUT2D eigenvalue weighted by Gasteiger charge is -2.31. The van der Waals surface area contributed by atoms with E-state index < -0.39 is 5.60 Å². The summed E-state index contributed by atoms with van der Waals surface area (Å²) in [5.41, 5.74) is -0.879. The normalized spacial score (nSPS) is 19.5. The lowest BCUT2D eigenvalue weighted by atomic mass is 10.0. The molecule has 0 atom stereocenters. The number of carbonyl (C=O) groups is 2. The molecule has 1 amide bonds. The number of hydrogen-bond donors (Lipinski definition) is 1. The van der Waals surface area contributed by atoms with E-state index in [1.54, 1.807) is 18.7 Å². The van der Waals surface area contributed by atoms with Gasteiger partial charge in [0, 0.05) is 19.5 Å². The molecule has 1 fully saturated rings. The zero-order chi connectivity index (χ0) is 10.1. The Balaban J connectivity index is 2.52. The molecule has 0 radical (unpaired) electrons. The first kappa shape index (κ1) is 10.2. The Hall–Kier alpha value is -0.900. The average molecular weight is 185 g/mol. The van der Waals surface area contributed by atoms with Crippen LogP contribution in [0.2, 0.25) is 0 Å². The molecule has 0 saturated carbocycles. The Morgan fingerprint density at radius 3 is 2.54 bits per heavy atom. The zero-order valence-corrected chi connectivity index (χ0v) is 8.04. The molecule has 4 heteroatoms. The average Bonchev–Trinajstić information content (AvgIpc) is 1.93. The molecule has 1 heterocycles. The second-order valence-electron chi connectivity index (χ2n) is 4.09. The Morgan fingerprint density at radius 1 is 1.46 bits per heavy atom. The van der Waals surface area contributed by atoms with E-state index in [0.29, 0.717) is 19.5 Å². The quantitative estimate of drug-likeness (QED) is 0.613. The minimum Gasteiger partial charge on any atom is -0.389 e. The molecule has 1 rings (SSSR count). The van der Waals surface area contributed by atoms with Gasteiger partial charge in [0.1, 0.15) is 5.78 Å². The fourth-order valence-electron chi connectivity index (χ4n) is 1.39. The fourth-order valence-corrected chi connectivity index (χ4v) is 1.39. The van der Waals surface area contributed by atoms with E-state index >= 15 is 0 Å². The maximum Gasteiger partial charge on any atom is 0.230 e. The molecule has 4 nitrogen and oxygen atoms in total. The summed E-state index contributed by atoms with van der Waals surface area (Å²) in [6, 6.07) is 0. The van der Waals surface area contributed by atoms with Crippen LogP contribution in [0, 0.1) is 0 Å². The van der Waals surface area contributed by atoms with E-state index in [-0.39, 0.29) is 18.1 Å². The van der Waals surface area contributed by atoms with Gasteiger partial charge in [-0.3, -0.25) is 9.59 Å². The predicted molar refractivity (Wildman–Crippen MR) is 47.1 cm³/mol. The molecule has 1 aliphatic heterocycles. The van der Waals surface area contributed by atoms with E-state index in [4.69, 9.17) is 0 Å². The van der Waals surface area contributed by atoms with Gasteiger partial charge < -0.3 is 10.0 Å². The number of piperidine rings is 1. The fraction of sp³-hybridized carbons (Fsp3) is 0.778. The third-order valence-corrected chi connectivity index (χ3v) is 1.94. The van der Waals surface area contributed by atoms with E-state index in [0.717, 1.165) is 0 Å². The van der Waals surface area contributed by atoms with E-state index in [1.165, 1.54) is 0 Å². The van der Waals surface area contributed by atoms with E-state index in [2.05, 4.69) is 0 Å². The maximum atomic E-state index is 11.3. The van der Waals surface area contributed by atoms with Crippen LogP contribution in [0.5, 0.6) is 0 Å².